The van der Waals surface area contributed by atoms with Crippen LogP contribution in [0.15, 0.2) is 6.20 Å². The monoisotopic (exact) mass is 294 g/mol. The highest BCUT2D eigenvalue weighted by Crippen LogP contribution is 2.57. The van der Waals surface area contributed by atoms with Crippen LogP contribution in [0.5, 0.6) is 0 Å². The molecule has 0 saturated heterocycles. The van der Waals surface area contributed by atoms with E-state index >= 15 is 0 Å². The van der Waals surface area contributed by atoms with Gasteiger partial charge in [0.05, 0.1) is 14.1 Å². The SMILES string of the molecule is CC1(C)C(N)C1c1ncc(I)s1. The number of hydrogen-bond donors (Lipinski definition) is 1. The maximum atomic E-state index is 5.95. The summed E-state index contributed by atoms with van der Waals surface area (Å²) < 4.78 is 1.25. The lowest BCUT2D eigenvalue weighted by molar-refractivity contribution is 0.598. The largest absolute Gasteiger partial charge is 0.327 e. The zero-order valence-corrected chi connectivity index (χ0v) is 10.0. The van der Waals surface area contributed by atoms with Gasteiger partial charge in [-0.1, -0.05) is 13.8 Å². The highest BCUT2D eigenvalue weighted by atomic mass is 127. The summed E-state index contributed by atoms with van der Waals surface area (Å²) in [5.74, 6) is 0.492. The smallest absolute Gasteiger partial charge is 0.0988 e. The molecule has 0 radical (unpaired) electrons. The Kier molecular flexibility index (Phi) is 1.97. The first-order valence-electron chi connectivity index (χ1n) is 3.90. The fourth-order valence-electron chi connectivity index (χ4n) is 1.56. The van der Waals surface area contributed by atoms with Crippen LogP contribution in [0.25, 0.3) is 0 Å². The lowest BCUT2D eigenvalue weighted by atomic mass is 10.1. The quantitative estimate of drug-likeness (QED) is 0.806. The van der Waals surface area contributed by atoms with Crippen LogP contribution in [0.2, 0.25) is 0 Å². The van der Waals surface area contributed by atoms with Crippen LogP contribution in [-0.4, -0.2) is 11.0 Å². The number of thiazole rings is 1. The lowest BCUT2D eigenvalue weighted by Crippen LogP contribution is -2.06. The molecule has 0 aromatic carbocycles. The molecule has 2 atom stereocenters. The molecule has 4 heteroatoms. The average Bonchev–Trinajstić information content (AvgIpc) is 2.38. The molecule has 2 unspecified atom stereocenters. The minimum Gasteiger partial charge on any atom is -0.327 e. The molecule has 0 aliphatic heterocycles. The number of halogens is 1. The van der Waals surface area contributed by atoms with Gasteiger partial charge in [0.1, 0.15) is 0 Å². The molecule has 1 saturated carbocycles. The van der Waals surface area contributed by atoms with Crippen LogP contribution in [0, 0.1) is 8.30 Å². The van der Waals surface area contributed by atoms with Crippen molar-refractivity contribution in [3.05, 3.63) is 14.1 Å². The zero-order valence-electron chi connectivity index (χ0n) is 7.04. The van der Waals surface area contributed by atoms with Crippen molar-refractivity contribution in [1.29, 1.82) is 0 Å². The van der Waals surface area contributed by atoms with Gasteiger partial charge in [-0.3, -0.25) is 0 Å². The van der Waals surface area contributed by atoms with Crippen molar-refractivity contribution in [2.24, 2.45) is 11.1 Å². The Morgan fingerprint density at radius 2 is 2.25 bits per heavy atom. The fraction of sp³-hybridized carbons (Fsp3) is 0.625. The number of nitrogens with two attached hydrogens (primary N) is 1. The predicted molar refractivity (Wildman–Crippen MR) is 59.3 cm³/mol. The molecule has 1 aliphatic carbocycles. The summed E-state index contributed by atoms with van der Waals surface area (Å²) in [7, 11) is 0. The van der Waals surface area contributed by atoms with Crippen molar-refractivity contribution in [2.45, 2.75) is 25.8 Å². The van der Waals surface area contributed by atoms with Gasteiger partial charge in [0.15, 0.2) is 0 Å². The Hall–Kier alpha value is 0.320. The molecule has 1 aromatic rings. The first-order chi connectivity index (χ1) is 5.53. The third-order valence-electron chi connectivity index (χ3n) is 2.67. The highest BCUT2D eigenvalue weighted by molar-refractivity contribution is 14.1. The van der Waals surface area contributed by atoms with Gasteiger partial charge < -0.3 is 5.73 Å². The lowest BCUT2D eigenvalue weighted by Gasteiger charge is -1.96. The van der Waals surface area contributed by atoms with Crippen LogP contribution < -0.4 is 5.73 Å². The van der Waals surface area contributed by atoms with E-state index in [2.05, 4.69) is 41.4 Å². The van der Waals surface area contributed by atoms with E-state index in [0.29, 0.717) is 12.0 Å². The number of hydrogen-bond acceptors (Lipinski definition) is 3. The summed E-state index contributed by atoms with van der Waals surface area (Å²) >= 11 is 4.06. The van der Waals surface area contributed by atoms with Gasteiger partial charge in [-0.25, -0.2) is 4.98 Å². The van der Waals surface area contributed by atoms with Gasteiger partial charge in [0, 0.05) is 12.0 Å². The standard InChI is InChI=1S/C8H11IN2S/c1-8(2)5(6(8)10)7-11-3-4(9)12-7/h3,5-6H,10H2,1-2H3. The molecular formula is C8H11IN2S. The number of rotatable bonds is 1. The Morgan fingerprint density at radius 3 is 2.58 bits per heavy atom. The molecule has 1 aliphatic rings. The molecule has 2 rings (SSSR count). The predicted octanol–water partition coefficient (Wildman–Crippen LogP) is 2.20. The molecule has 66 valence electrons. The molecule has 2 nitrogen and oxygen atoms in total. The summed E-state index contributed by atoms with van der Waals surface area (Å²) in [6.45, 7) is 4.41. The number of aromatic nitrogens is 1. The van der Waals surface area contributed by atoms with Gasteiger partial charge in [-0.2, -0.15) is 0 Å². The van der Waals surface area contributed by atoms with Crippen molar-refractivity contribution >= 4 is 33.9 Å². The third kappa shape index (κ3) is 1.20. The van der Waals surface area contributed by atoms with Crippen LogP contribution in [0.1, 0.15) is 24.8 Å². The second kappa shape index (κ2) is 2.65. The maximum Gasteiger partial charge on any atom is 0.0988 e. The molecular weight excluding hydrogens is 283 g/mol. The molecule has 1 heterocycles. The van der Waals surface area contributed by atoms with Crippen molar-refractivity contribution in [1.82, 2.24) is 4.98 Å². The summed E-state index contributed by atoms with van der Waals surface area (Å²) in [4.78, 5) is 4.35. The topological polar surface area (TPSA) is 38.9 Å². The summed E-state index contributed by atoms with van der Waals surface area (Å²) in [5, 5.41) is 1.21. The summed E-state index contributed by atoms with van der Waals surface area (Å²) in [5.41, 5.74) is 6.21. The van der Waals surface area contributed by atoms with E-state index in [9.17, 15) is 0 Å². The summed E-state index contributed by atoms with van der Waals surface area (Å²) in [6.07, 6.45) is 1.92. The van der Waals surface area contributed by atoms with Crippen molar-refractivity contribution in [3.63, 3.8) is 0 Å². The van der Waals surface area contributed by atoms with E-state index in [4.69, 9.17) is 5.73 Å². The van der Waals surface area contributed by atoms with Crippen LogP contribution >= 0.6 is 33.9 Å². The fourth-order valence-corrected chi connectivity index (χ4v) is 3.36. The second-order valence-corrected chi connectivity index (χ2v) is 6.78. The van der Waals surface area contributed by atoms with Gasteiger partial charge in [-0.15, -0.1) is 11.3 Å². The Labute approximate surface area is 89.7 Å². The van der Waals surface area contributed by atoms with Crippen molar-refractivity contribution in [3.8, 4) is 0 Å². The van der Waals surface area contributed by atoms with Gasteiger partial charge in [-0.05, 0) is 28.0 Å². The molecule has 12 heavy (non-hydrogen) atoms. The minimum atomic E-state index is 0.265. The maximum absolute atomic E-state index is 5.95. The molecule has 2 N–H and O–H groups in total. The van der Waals surface area contributed by atoms with E-state index < -0.39 is 0 Å². The molecule has 1 fully saturated rings. The van der Waals surface area contributed by atoms with E-state index in [-0.39, 0.29) is 5.41 Å². The molecule has 0 bridgehead atoms. The van der Waals surface area contributed by atoms with E-state index in [1.54, 1.807) is 11.3 Å². The van der Waals surface area contributed by atoms with E-state index in [1.807, 2.05) is 6.20 Å². The van der Waals surface area contributed by atoms with Gasteiger partial charge >= 0.3 is 0 Å². The Morgan fingerprint density at radius 1 is 1.67 bits per heavy atom. The first-order valence-corrected chi connectivity index (χ1v) is 5.80. The van der Waals surface area contributed by atoms with Crippen LogP contribution in [0.4, 0.5) is 0 Å². The van der Waals surface area contributed by atoms with Crippen LogP contribution in [-0.2, 0) is 0 Å². The minimum absolute atomic E-state index is 0.265. The Bertz CT molecular complexity index is 308. The Balaban J connectivity index is 2.24. The van der Waals surface area contributed by atoms with E-state index in [0.717, 1.165) is 0 Å². The zero-order chi connectivity index (χ0) is 8.93. The molecule has 1 aromatic heterocycles. The van der Waals surface area contributed by atoms with Crippen molar-refractivity contribution < 1.29 is 0 Å². The molecule has 0 spiro atoms. The van der Waals surface area contributed by atoms with Gasteiger partial charge in [0.2, 0.25) is 0 Å². The first kappa shape index (κ1) is 8.90. The van der Waals surface area contributed by atoms with E-state index in [1.165, 1.54) is 7.89 Å². The van der Waals surface area contributed by atoms with Crippen LogP contribution in [0.3, 0.4) is 0 Å². The molecule has 0 amide bonds. The third-order valence-corrected chi connectivity index (χ3v) is 4.48. The van der Waals surface area contributed by atoms with Gasteiger partial charge in [0.25, 0.3) is 0 Å². The number of nitrogens with zero attached hydrogens (tertiary/aromatic N) is 1. The highest BCUT2D eigenvalue weighted by Gasteiger charge is 2.57. The normalized spacial score (nSPS) is 32.0. The average molecular weight is 294 g/mol. The van der Waals surface area contributed by atoms with Crippen molar-refractivity contribution in [2.75, 3.05) is 0 Å². The second-order valence-electron chi connectivity index (χ2n) is 3.83. The summed E-state index contributed by atoms with van der Waals surface area (Å²) in [6, 6.07) is 0.305.